The predicted octanol–water partition coefficient (Wildman–Crippen LogP) is 5.43. The van der Waals surface area contributed by atoms with Gasteiger partial charge in [0.2, 0.25) is 0 Å². The van der Waals surface area contributed by atoms with Gasteiger partial charge in [-0.2, -0.15) is 18.3 Å². The number of thiophene rings is 1. The number of rotatable bonds is 4. The molecule has 0 unspecified atom stereocenters. The van der Waals surface area contributed by atoms with Crippen molar-refractivity contribution in [3.63, 3.8) is 0 Å². The summed E-state index contributed by atoms with van der Waals surface area (Å²) in [5.41, 5.74) is -0.0560. The highest BCUT2D eigenvalue weighted by Gasteiger charge is 2.34. The number of esters is 1. The highest BCUT2D eigenvalue weighted by molar-refractivity contribution is 7.20. The molecule has 3 aromatic rings. The van der Waals surface area contributed by atoms with Crippen molar-refractivity contribution in [1.82, 2.24) is 9.78 Å². The van der Waals surface area contributed by atoms with Crippen molar-refractivity contribution in [2.24, 2.45) is 7.05 Å². The zero-order chi connectivity index (χ0) is 20.8. The number of nitrogens with zero attached hydrogens (tertiary/aromatic N) is 2. The first-order chi connectivity index (χ1) is 13.0. The highest BCUT2D eigenvalue weighted by Crippen LogP contribution is 2.46. The minimum Gasteiger partial charge on any atom is -0.485 e. The summed E-state index contributed by atoms with van der Waals surface area (Å²) in [4.78, 5) is 12.1. The number of ether oxygens (including phenoxy) is 2. The fourth-order valence-corrected chi connectivity index (χ4v) is 4.19. The summed E-state index contributed by atoms with van der Waals surface area (Å²) in [6.45, 7) is 4.75. The van der Waals surface area contributed by atoms with Crippen LogP contribution in [0.1, 0.15) is 28.8 Å². The second-order valence-electron chi connectivity index (χ2n) is 6.23. The van der Waals surface area contributed by atoms with Gasteiger partial charge in [0.25, 0.3) is 0 Å². The smallest absolute Gasteiger partial charge is 0.435 e. The molecule has 2 heterocycles. The molecule has 0 bridgehead atoms. The molecule has 28 heavy (non-hydrogen) atoms. The van der Waals surface area contributed by atoms with Gasteiger partial charge in [-0.05, 0) is 31.5 Å². The Morgan fingerprint density at radius 3 is 2.54 bits per heavy atom. The van der Waals surface area contributed by atoms with Gasteiger partial charge < -0.3 is 9.47 Å². The summed E-state index contributed by atoms with van der Waals surface area (Å²) in [7, 11) is 1.42. The van der Waals surface area contributed by atoms with E-state index in [0.29, 0.717) is 32.2 Å². The highest BCUT2D eigenvalue weighted by atomic mass is 35.5. The molecule has 0 aliphatic rings. The summed E-state index contributed by atoms with van der Waals surface area (Å²) < 4.78 is 51.2. The number of hydrogen-bond donors (Lipinski definition) is 0. The number of carbonyl (C=O) groups excluding carboxylic acids is 1. The van der Waals surface area contributed by atoms with Crippen LogP contribution >= 0.6 is 22.9 Å². The fraction of sp³-hybridized carbons (Fsp3) is 0.333. The van der Waals surface area contributed by atoms with Crippen molar-refractivity contribution in [2.75, 3.05) is 0 Å². The van der Waals surface area contributed by atoms with Crippen LogP contribution in [-0.2, 0) is 24.6 Å². The third kappa shape index (κ3) is 3.81. The molecule has 0 saturated carbocycles. The number of aryl methyl sites for hydroxylation is 3. The molecule has 0 aliphatic carbocycles. The van der Waals surface area contributed by atoms with Crippen LogP contribution in [0.2, 0.25) is 5.02 Å². The van der Waals surface area contributed by atoms with E-state index in [-0.39, 0.29) is 12.3 Å². The lowest BCUT2D eigenvalue weighted by molar-refractivity contribution is -0.141. The Labute approximate surface area is 167 Å². The summed E-state index contributed by atoms with van der Waals surface area (Å²) in [6, 6.07) is 2.72. The third-order valence-electron chi connectivity index (χ3n) is 4.06. The van der Waals surface area contributed by atoms with Gasteiger partial charge in [-0.1, -0.05) is 11.6 Å². The Morgan fingerprint density at radius 2 is 1.96 bits per heavy atom. The molecule has 10 heteroatoms. The van der Waals surface area contributed by atoms with E-state index in [9.17, 15) is 18.0 Å². The van der Waals surface area contributed by atoms with E-state index in [1.54, 1.807) is 13.0 Å². The number of benzene rings is 1. The van der Waals surface area contributed by atoms with E-state index in [1.807, 2.05) is 6.92 Å². The average molecular weight is 433 g/mol. The molecule has 0 saturated heterocycles. The quantitative estimate of drug-likeness (QED) is 0.516. The molecular weight excluding hydrogens is 417 g/mol. The number of hydrogen-bond acceptors (Lipinski definition) is 5. The molecule has 2 aromatic heterocycles. The molecule has 1 aromatic carbocycles. The van der Waals surface area contributed by atoms with Crippen LogP contribution in [0.5, 0.6) is 11.5 Å². The van der Waals surface area contributed by atoms with Gasteiger partial charge in [-0.3, -0.25) is 9.48 Å². The van der Waals surface area contributed by atoms with E-state index in [4.69, 9.17) is 21.1 Å². The van der Waals surface area contributed by atoms with Gasteiger partial charge in [0.15, 0.2) is 11.4 Å². The molecule has 150 valence electrons. The molecule has 0 atom stereocenters. The zero-order valence-corrected chi connectivity index (χ0v) is 17.0. The summed E-state index contributed by atoms with van der Waals surface area (Å²) >= 11 is 7.84. The maximum absolute atomic E-state index is 12.8. The number of aromatic nitrogens is 2. The minimum absolute atomic E-state index is 0.132. The molecule has 5 nitrogen and oxygen atoms in total. The number of fused-ring (bicyclic) bond motifs is 1. The van der Waals surface area contributed by atoms with Gasteiger partial charge in [-0.15, -0.1) is 11.3 Å². The van der Waals surface area contributed by atoms with Gasteiger partial charge in [0.05, 0.1) is 10.4 Å². The van der Waals surface area contributed by atoms with Crippen LogP contribution in [0.3, 0.4) is 0 Å². The van der Waals surface area contributed by atoms with Crippen LogP contribution in [0.15, 0.2) is 12.1 Å². The Morgan fingerprint density at radius 1 is 1.29 bits per heavy atom. The minimum atomic E-state index is -4.52. The van der Waals surface area contributed by atoms with Gasteiger partial charge in [0.1, 0.15) is 17.4 Å². The van der Waals surface area contributed by atoms with E-state index in [0.717, 1.165) is 15.6 Å². The summed E-state index contributed by atoms with van der Waals surface area (Å²) in [6.07, 6.45) is -4.52. The van der Waals surface area contributed by atoms with Crippen LogP contribution < -0.4 is 9.47 Å². The van der Waals surface area contributed by atoms with Crippen LogP contribution in [0.4, 0.5) is 13.2 Å². The van der Waals surface area contributed by atoms with E-state index in [2.05, 4.69) is 5.10 Å². The topological polar surface area (TPSA) is 53.4 Å². The lowest BCUT2D eigenvalue weighted by Gasteiger charge is -2.12. The van der Waals surface area contributed by atoms with Crippen LogP contribution in [0, 0.1) is 13.8 Å². The third-order valence-corrected chi connectivity index (χ3v) is 5.65. The second kappa shape index (κ2) is 7.29. The SMILES string of the molecule is CC(=O)Oc1c(C)sc2c(Cl)c(OCc3cc(C(F)(F)F)nn3C)c(C)cc12. The zero-order valence-electron chi connectivity index (χ0n) is 15.4. The fourth-order valence-electron chi connectivity index (χ4n) is 2.77. The molecule has 0 N–H and O–H groups in total. The number of carbonyl (C=O) groups is 1. The van der Waals surface area contributed by atoms with Gasteiger partial charge >= 0.3 is 12.1 Å². The molecular formula is C18H16ClF3N2O3S. The molecule has 0 spiro atoms. The first kappa shape index (κ1) is 20.5. The largest absolute Gasteiger partial charge is 0.485 e. The maximum atomic E-state index is 12.8. The van der Waals surface area contributed by atoms with Gasteiger partial charge in [-0.25, -0.2) is 0 Å². The number of alkyl halides is 3. The van der Waals surface area contributed by atoms with Crippen molar-refractivity contribution in [1.29, 1.82) is 0 Å². The summed E-state index contributed by atoms with van der Waals surface area (Å²) in [5, 5.41) is 4.47. The van der Waals surface area contributed by atoms with E-state index >= 15 is 0 Å². The molecule has 0 fully saturated rings. The normalized spacial score (nSPS) is 11.9. The van der Waals surface area contributed by atoms with Crippen molar-refractivity contribution in [2.45, 2.75) is 33.6 Å². The Kier molecular flexibility index (Phi) is 5.33. The number of halogens is 4. The lowest BCUT2D eigenvalue weighted by Crippen LogP contribution is -2.07. The van der Waals surface area contributed by atoms with Crippen molar-refractivity contribution in [3.05, 3.63) is 39.0 Å². The van der Waals surface area contributed by atoms with Crippen molar-refractivity contribution >= 4 is 39.0 Å². The van der Waals surface area contributed by atoms with Crippen LogP contribution in [0.25, 0.3) is 10.1 Å². The Bertz CT molecular complexity index is 1070. The van der Waals surface area contributed by atoms with Crippen molar-refractivity contribution < 1.29 is 27.4 Å². The standard InChI is InChI=1S/C18H16ClF3N2O3S/c1-8-5-12-16(27-10(3)25)9(2)28-17(12)14(19)15(8)26-7-11-6-13(18(20,21)22)23-24(11)4/h5-6H,7H2,1-4H3. The monoisotopic (exact) mass is 432 g/mol. The summed E-state index contributed by atoms with van der Waals surface area (Å²) in [5.74, 6) is 0.374. The second-order valence-corrected chi connectivity index (χ2v) is 7.83. The van der Waals surface area contributed by atoms with E-state index in [1.165, 1.54) is 25.3 Å². The molecule has 0 aliphatic heterocycles. The molecule has 3 rings (SSSR count). The lowest BCUT2D eigenvalue weighted by atomic mass is 10.1. The molecule has 0 amide bonds. The van der Waals surface area contributed by atoms with Gasteiger partial charge in [0, 0.05) is 24.2 Å². The van der Waals surface area contributed by atoms with Crippen LogP contribution in [-0.4, -0.2) is 15.7 Å². The molecule has 0 radical (unpaired) electrons. The average Bonchev–Trinajstić information content (AvgIpc) is 3.09. The Balaban J connectivity index is 1.94. The Hall–Kier alpha value is -2.26. The first-order valence-electron chi connectivity index (χ1n) is 8.12. The van der Waals surface area contributed by atoms with E-state index < -0.39 is 17.8 Å². The predicted molar refractivity (Wildman–Crippen MR) is 100 cm³/mol. The first-order valence-corrected chi connectivity index (χ1v) is 9.32. The van der Waals surface area contributed by atoms with Crippen molar-refractivity contribution in [3.8, 4) is 11.5 Å². The maximum Gasteiger partial charge on any atom is 0.435 e.